The van der Waals surface area contributed by atoms with Crippen molar-refractivity contribution in [3.8, 4) is 22.5 Å². The Morgan fingerprint density at radius 3 is 2.39 bits per heavy atom. The molecule has 0 amide bonds. The van der Waals surface area contributed by atoms with Gasteiger partial charge in [0, 0.05) is 21.7 Å². The lowest BCUT2D eigenvalue weighted by atomic mass is 10.1. The van der Waals surface area contributed by atoms with Crippen LogP contribution in [0, 0.1) is 0 Å². The number of hydrazone groups is 1. The highest BCUT2D eigenvalue weighted by molar-refractivity contribution is 6.37. The molecule has 0 unspecified atom stereocenters. The Bertz CT molecular complexity index is 868. The van der Waals surface area contributed by atoms with Gasteiger partial charge in [-0.1, -0.05) is 65.7 Å². The van der Waals surface area contributed by atoms with Gasteiger partial charge >= 0.3 is 0 Å². The molecule has 0 atom stereocenters. The number of nitrogens with zero attached hydrogens (tertiary/aromatic N) is 2. The molecule has 23 heavy (non-hydrogen) atoms. The topological polar surface area (TPSA) is 93.1 Å². The maximum Gasteiger partial charge on any atom is 0.150 e. The van der Waals surface area contributed by atoms with Crippen molar-refractivity contribution in [1.29, 1.82) is 0 Å². The van der Waals surface area contributed by atoms with Crippen molar-refractivity contribution in [2.24, 2.45) is 16.7 Å². The summed E-state index contributed by atoms with van der Waals surface area (Å²) in [6.45, 7) is 0. The van der Waals surface area contributed by atoms with Crippen molar-refractivity contribution in [2.75, 3.05) is 0 Å². The van der Waals surface area contributed by atoms with Crippen LogP contribution in [0.5, 0.6) is 0 Å². The van der Waals surface area contributed by atoms with E-state index in [1.807, 2.05) is 30.3 Å². The summed E-state index contributed by atoms with van der Waals surface area (Å²) in [5.74, 6) is 5.44. The molecule has 0 fully saturated rings. The summed E-state index contributed by atoms with van der Waals surface area (Å²) in [6, 6.07) is 14.8. The zero-order valence-corrected chi connectivity index (χ0v) is 13.4. The number of aromatic nitrogens is 2. The molecule has 3 rings (SSSR count). The number of hydrogen-bond acceptors (Lipinski definition) is 3. The quantitative estimate of drug-likeness (QED) is 0.293. The highest BCUT2D eigenvalue weighted by atomic mass is 35.5. The van der Waals surface area contributed by atoms with Gasteiger partial charge in [-0.25, -0.2) is 0 Å². The van der Waals surface area contributed by atoms with Gasteiger partial charge in [-0.05, 0) is 6.07 Å². The molecule has 0 spiro atoms. The lowest BCUT2D eigenvalue weighted by Gasteiger charge is -2.03. The van der Waals surface area contributed by atoms with Gasteiger partial charge in [-0.2, -0.15) is 10.2 Å². The number of rotatable bonds is 3. The van der Waals surface area contributed by atoms with Gasteiger partial charge in [-0.15, -0.1) is 0 Å². The Morgan fingerprint density at radius 1 is 1.04 bits per heavy atom. The second kappa shape index (κ2) is 6.32. The molecule has 0 aliphatic heterocycles. The number of benzene rings is 2. The third-order valence-electron chi connectivity index (χ3n) is 3.44. The fraction of sp³-hybridized carbons (Fsp3) is 0. The van der Waals surface area contributed by atoms with Crippen molar-refractivity contribution in [3.63, 3.8) is 0 Å². The van der Waals surface area contributed by atoms with E-state index in [-0.39, 0.29) is 5.84 Å². The number of halogens is 2. The predicted molar refractivity (Wildman–Crippen MR) is 94.4 cm³/mol. The average Bonchev–Trinajstić information content (AvgIpc) is 2.96. The molecule has 1 aromatic heterocycles. The first kappa shape index (κ1) is 15.4. The van der Waals surface area contributed by atoms with Crippen LogP contribution in [-0.4, -0.2) is 16.0 Å². The number of hydrogen-bond donors (Lipinski definition) is 3. The molecule has 1 heterocycles. The Morgan fingerprint density at radius 2 is 1.74 bits per heavy atom. The van der Waals surface area contributed by atoms with Crippen LogP contribution in [-0.2, 0) is 0 Å². The van der Waals surface area contributed by atoms with E-state index in [0.717, 1.165) is 16.7 Å². The van der Waals surface area contributed by atoms with E-state index in [1.165, 1.54) is 0 Å². The maximum absolute atomic E-state index is 6.47. The summed E-state index contributed by atoms with van der Waals surface area (Å²) in [6.07, 6.45) is 0. The monoisotopic (exact) mass is 345 g/mol. The van der Waals surface area contributed by atoms with Gasteiger partial charge in [0.15, 0.2) is 0 Å². The Kier molecular flexibility index (Phi) is 4.23. The van der Waals surface area contributed by atoms with Gasteiger partial charge in [0.1, 0.15) is 11.5 Å². The van der Waals surface area contributed by atoms with Gasteiger partial charge in [0.2, 0.25) is 0 Å². The SMILES string of the molecule is N/N=C(\N)c1ccc(-c2n[nH]c(-c3ccccc3Cl)c2Cl)cc1. The lowest BCUT2D eigenvalue weighted by molar-refractivity contribution is 1.10. The van der Waals surface area contributed by atoms with Crippen LogP contribution in [0.3, 0.4) is 0 Å². The molecule has 5 N–H and O–H groups in total. The minimum Gasteiger partial charge on any atom is -0.382 e. The van der Waals surface area contributed by atoms with Crippen LogP contribution in [0.2, 0.25) is 10.0 Å². The first-order chi connectivity index (χ1) is 11.1. The maximum atomic E-state index is 6.47. The van der Waals surface area contributed by atoms with E-state index in [9.17, 15) is 0 Å². The second-order valence-corrected chi connectivity index (χ2v) is 5.62. The summed E-state index contributed by atoms with van der Waals surface area (Å²) in [7, 11) is 0. The molecule has 7 heteroatoms. The van der Waals surface area contributed by atoms with Gasteiger partial charge < -0.3 is 11.6 Å². The molecule has 5 nitrogen and oxygen atoms in total. The van der Waals surface area contributed by atoms with Crippen LogP contribution in [0.25, 0.3) is 22.5 Å². The van der Waals surface area contributed by atoms with Crippen molar-refractivity contribution in [3.05, 3.63) is 64.1 Å². The molecule has 2 aromatic carbocycles. The number of nitrogens with two attached hydrogens (primary N) is 2. The van der Waals surface area contributed by atoms with Crippen LogP contribution in [0.15, 0.2) is 53.6 Å². The molecule has 0 bridgehead atoms. The van der Waals surface area contributed by atoms with Crippen molar-refractivity contribution in [2.45, 2.75) is 0 Å². The minimum absolute atomic E-state index is 0.265. The van der Waals surface area contributed by atoms with Gasteiger partial charge in [0.25, 0.3) is 0 Å². The molecular weight excluding hydrogens is 333 g/mol. The third kappa shape index (κ3) is 2.88. The summed E-state index contributed by atoms with van der Waals surface area (Å²) >= 11 is 12.7. The summed E-state index contributed by atoms with van der Waals surface area (Å²) in [5.41, 5.74) is 9.36. The molecule has 116 valence electrons. The molecule has 0 saturated carbocycles. The molecule has 0 aliphatic carbocycles. The third-order valence-corrected chi connectivity index (χ3v) is 4.14. The van der Waals surface area contributed by atoms with Crippen molar-refractivity contribution >= 4 is 29.0 Å². The molecule has 3 aromatic rings. The van der Waals surface area contributed by atoms with Crippen LogP contribution in [0.1, 0.15) is 5.56 Å². The lowest BCUT2D eigenvalue weighted by Crippen LogP contribution is -2.15. The van der Waals surface area contributed by atoms with Crippen LogP contribution < -0.4 is 11.6 Å². The van der Waals surface area contributed by atoms with E-state index in [0.29, 0.717) is 21.4 Å². The summed E-state index contributed by atoms with van der Waals surface area (Å²) in [5, 5.41) is 11.8. The first-order valence-corrected chi connectivity index (χ1v) is 7.50. The molecule has 0 aliphatic rings. The van der Waals surface area contributed by atoms with E-state index in [1.54, 1.807) is 18.2 Å². The normalized spacial score (nSPS) is 11.7. The number of aromatic amines is 1. The Hall–Kier alpha value is -2.50. The fourth-order valence-electron chi connectivity index (χ4n) is 2.24. The number of amidine groups is 1. The van der Waals surface area contributed by atoms with E-state index in [2.05, 4.69) is 15.3 Å². The zero-order valence-electron chi connectivity index (χ0n) is 11.9. The standard InChI is InChI=1S/C16H13Cl2N5/c17-12-4-2-1-3-11(12)15-13(18)14(22-23-15)9-5-7-10(8-6-9)16(19)21-20/h1-8H,20H2,(H2,19,21)(H,22,23). The molecule has 0 saturated heterocycles. The van der Waals surface area contributed by atoms with E-state index in [4.69, 9.17) is 34.8 Å². The van der Waals surface area contributed by atoms with Gasteiger partial charge in [-0.3, -0.25) is 5.10 Å². The fourth-order valence-corrected chi connectivity index (χ4v) is 2.76. The number of nitrogens with one attached hydrogen (secondary N) is 1. The molecular formula is C16H13Cl2N5. The van der Waals surface area contributed by atoms with E-state index >= 15 is 0 Å². The first-order valence-electron chi connectivity index (χ1n) is 6.74. The summed E-state index contributed by atoms with van der Waals surface area (Å²) < 4.78 is 0. The summed E-state index contributed by atoms with van der Waals surface area (Å²) in [4.78, 5) is 0. The Labute approximate surface area is 142 Å². The van der Waals surface area contributed by atoms with Crippen molar-refractivity contribution in [1.82, 2.24) is 10.2 Å². The smallest absolute Gasteiger partial charge is 0.150 e. The van der Waals surface area contributed by atoms with Crippen LogP contribution >= 0.6 is 23.2 Å². The highest BCUT2D eigenvalue weighted by Crippen LogP contribution is 2.37. The largest absolute Gasteiger partial charge is 0.382 e. The zero-order chi connectivity index (χ0) is 16.4. The number of H-pyrrole nitrogens is 1. The predicted octanol–water partition coefficient (Wildman–Crippen LogP) is 3.63. The van der Waals surface area contributed by atoms with Crippen molar-refractivity contribution < 1.29 is 0 Å². The second-order valence-electron chi connectivity index (χ2n) is 4.83. The Balaban J connectivity index is 2.01. The van der Waals surface area contributed by atoms with Gasteiger partial charge in [0.05, 0.1) is 10.7 Å². The van der Waals surface area contributed by atoms with Crippen LogP contribution in [0.4, 0.5) is 0 Å². The van der Waals surface area contributed by atoms with E-state index < -0.39 is 0 Å². The minimum atomic E-state index is 0.265. The molecule has 0 radical (unpaired) electrons. The average molecular weight is 346 g/mol. The highest BCUT2D eigenvalue weighted by Gasteiger charge is 2.16.